The van der Waals surface area contributed by atoms with Crippen LogP contribution in [0, 0.1) is 13.8 Å². The third-order valence-corrected chi connectivity index (χ3v) is 6.49. The number of sulfonamides is 1. The first-order chi connectivity index (χ1) is 12.4. The van der Waals surface area contributed by atoms with Gasteiger partial charge in [0.2, 0.25) is 0 Å². The minimum absolute atomic E-state index is 0.274. The van der Waals surface area contributed by atoms with Gasteiger partial charge in [-0.1, -0.05) is 12.1 Å². The number of nitrogens with zero attached hydrogens (tertiary/aromatic N) is 1. The van der Waals surface area contributed by atoms with Crippen LogP contribution in [0.2, 0.25) is 0 Å². The van der Waals surface area contributed by atoms with Crippen LogP contribution in [0.3, 0.4) is 0 Å². The van der Waals surface area contributed by atoms with Crippen molar-refractivity contribution in [2.24, 2.45) is 0 Å². The maximum absolute atomic E-state index is 12.5. The minimum Gasteiger partial charge on any atom is -0.280 e. The molecule has 0 aliphatic carbocycles. The van der Waals surface area contributed by atoms with Gasteiger partial charge in [0.05, 0.1) is 4.90 Å². The molecular formula is C20H20N2O2S2. The second-order valence-corrected chi connectivity index (χ2v) is 8.76. The maximum Gasteiger partial charge on any atom is 0.261 e. The highest BCUT2D eigenvalue weighted by Gasteiger charge is 2.14. The molecule has 1 heterocycles. The number of rotatable bonds is 6. The number of aromatic nitrogens is 1. The lowest BCUT2D eigenvalue weighted by Gasteiger charge is -2.10. The fourth-order valence-electron chi connectivity index (χ4n) is 2.36. The number of thioether (sulfide) groups is 1. The Labute approximate surface area is 158 Å². The summed E-state index contributed by atoms with van der Waals surface area (Å²) in [6.45, 7) is 3.86. The molecule has 0 radical (unpaired) electrons. The molecule has 0 saturated heterocycles. The molecule has 0 aliphatic rings. The van der Waals surface area contributed by atoms with Crippen molar-refractivity contribution in [2.45, 2.75) is 29.4 Å². The van der Waals surface area contributed by atoms with Crippen molar-refractivity contribution in [1.82, 2.24) is 4.98 Å². The Morgan fingerprint density at radius 2 is 1.77 bits per heavy atom. The second-order valence-electron chi connectivity index (χ2n) is 6.03. The second kappa shape index (κ2) is 7.93. The van der Waals surface area contributed by atoms with E-state index < -0.39 is 10.0 Å². The zero-order valence-electron chi connectivity index (χ0n) is 14.6. The van der Waals surface area contributed by atoms with Crippen molar-refractivity contribution in [3.63, 3.8) is 0 Å². The number of anilines is 1. The average molecular weight is 385 g/mol. The van der Waals surface area contributed by atoms with Crippen LogP contribution >= 0.6 is 11.8 Å². The van der Waals surface area contributed by atoms with E-state index in [0.717, 1.165) is 27.3 Å². The molecule has 134 valence electrons. The molecule has 1 N–H and O–H groups in total. The summed E-state index contributed by atoms with van der Waals surface area (Å²) in [4.78, 5) is 5.45. The summed E-state index contributed by atoms with van der Waals surface area (Å²) < 4.78 is 27.7. The Morgan fingerprint density at radius 3 is 2.42 bits per heavy atom. The molecule has 0 saturated carbocycles. The predicted octanol–water partition coefficient (Wildman–Crippen LogP) is 4.79. The molecule has 0 aliphatic heterocycles. The first-order valence-electron chi connectivity index (χ1n) is 8.16. The van der Waals surface area contributed by atoms with E-state index in [1.807, 2.05) is 50.4 Å². The van der Waals surface area contributed by atoms with Crippen LogP contribution in [0.15, 0.2) is 76.8 Å². The van der Waals surface area contributed by atoms with E-state index in [1.54, 1.807) is 42.2 Å². The third kappa shape index (κ3) is 4.65. The van der Waals surface area contributed by atoms with Gasteiger partial charge < -0.3 is 0 Å². The molecule has 6 heteroatoms. The van der Waals surface area contributed by atoms with Crippen LogP contribution in [0.4, 0.5) is 5.69 Å². The van der Waals surface area contributed by atoms with Gasteiger partial charge in [-0.15, -0.1) is 11.8 Å². The van der Waals surface area contributed by atoms with Crippen LogP contribution in [0.1, 0.15) is 16.7 Å². The van der Waals surface area contributed by atoms with E-state index in [-0.39, 0.29) is 4.90 Å². The van der Waals surface area contributed by atoms with Gasteiger partial charge in [0, 0.05) is 28.7 Å². The Balaban J connectivity index is 1.67. The molecule has 0 atom stereocenters. The zero-order valence-corrected chi connectivity index (χ0v) is 16.3. The van der Waals surface area contributed by atoms with Crippen LogP contribution in [-0.4, -0.2) is 13.4 Å². The minimum atomic E-state index is -3.59. The van der Waals surface area contributed by atoms with E-state index in [2.05, 4.69) is 9.71 Å². The van der Waals surface area contributed by atoms with Crippen LogP contribution < -0.4 is 4.72 Å². The summed E-state index contributed by atoms with van der Waals surface area (Å²) in [5.41, 5.74) is 3.72. The van der Waals surface area contributed by atoms with E-state index in [1.165, 1.54) is 0 Å². The molecule has 0 unspecified atom stereocenters. The highest BCUT2D eigenvalue weighted by atomic mass is 32.2. The summed E-state index contributed by atoms with van der Waals surface area (Å²) in [6, 6.07) is 16.5. The van der Waals surface area contributed by atoms with Crippen LogP contribution in [-0.2, 0) is 15.8 Å². The van der Waals surface area contributed by atoms with Crippen molar-refractivity contribution in [1.29, 1.82) is 0 Å². The molecule has 3 aromatic rings. The topological polar surface area (TPSA) is 59.1 Å². The molecule has 4 nitrogen and oxygen atoms in total. The zero-order chi connectivity index (χ0) is 18.6. The number of nitrogens with one attached hydrogen (secondary N) is 1. The van der Waals surface area contributed by atoms with Crippen LogP contribution in [0.5, 0.6) is 0 Å². The summed E-state index contributed by atoms with van der Waals surface area (Å²) >= 11 is 1.68. The third-order valence-electron chi connectivity index (χ3n) is 4.02. The van der Waals surface area contributed by atoms with Gasteiger partial charge in [-0.3, -0.25) is 9.71 Å². The largest absolute Gasteiger partial charge is 0.280 e. The van der Waals surface area contributed by atoms with Crippen molar-refractivity contribution in [3.8, 4) is 0 Å². The Kier molecular flexibility index (Phi) is 5.64. The molecule has 3 rings (SSSR count). The fraction of sp³-hybridized carbons (Fsp3) is 0.150. The molecule has 0 spiro atoms. The highest BCUT2D eigenvalue weighted by molar-refractivity contribution is 7.98. The van der Waals surface area contributed by atoms with Gasteiger partial charge >= 0.3 is 0 Å². The first kappa shape index (κ1) is 18.5. The van der Waals surface area contributed by atoms with Gasteiger partial charge in [-0.05, 0) is 73.0 Å². The Bertz CT molecular complexity index is 986. The number of benzene rings is 2. The summed E-state index contributed by atoms with van der Waals surface area (Å²) in [5, 5.41) is 0. The lowest BCUT2D eigenvalue weighted by Crippen LogP contribution is -2.13. The van der Waals surface area contributed by atoms with Crippen molar-refractivity contribution >= 4 is 27.5 Å². The normalized spacial score (nSPS) is 11.3. The van der Waals surface area contributed by atoms with Gasteiger partial charge in [-0.2, -0.15) is 0 Å². The van der Waals surface area contributed by atoms with Gasteiger partial charge in [-0.25, -0.2) is 8.42 Å². The maximum atomic E-state index is 12.5. The van der Waals surface area contributed by atoms with E-state index in [4.69, 9.17) is 0 Å². The lowest BCUT2D eigenvalue weighted by atomic mass is 10.1. The highest BCUT2D eigenvalue weighted by Crippen LogP contribution is 2.25. The van der Waals surface area contributed by atoms with Gasteiger partial charge in [0.15, 0.2) is 0 Å². The molecular weight excluding hydrogens is 364 g/mol. The van der Waals surface area contributed by atoms with E-state index in [0.29, 0.717) is 5.69 Å². The van der Waals surface area contributed by atoms with Gasteiger partial charge in [0.25, 0.3) is 10.0 Å². The number of hydrogen-bond acceptors (Lipinski definition) is 4. The standard InChI is InChI=1S/C20H20N2O2S2/c1-15-5-10-20(12-16(15)2)26(23,24)22-18-6-8-19(9-7-18)25-14-17-4-3-11-21-13-17/h3-13,22H,14H2,1-2H3. The number of aryl methyl sites for hydroxylation is 2. The number of pyridine rings is 1. The smallest absolute Gasteiger partial charge is 0.261 e. The monoisotopic (exact) mass is 384 g/mol. The number of hydrogen-bond donors (Lipinski definition) is 1. The molecule has 0 bridgehead atoms. The Morgan fingerprint density at radius 1 is 1.00 bits per heavy atom. The average Bonchev–Trinajstić information content (AvgIpc) is 2.64. The SMILES string of the molecule is Cc1ccc(S(=O)(=O)Nc2ccc(SCc3cccnc3)cc2)cc1C. The molecule has 26 heavy (non-hydrogen) atoms. The van der Waals surface area contributed by atoms with Crippen molar-refractivity contribution < 1.29 is 8.42 Å². The van der Waals surface area contributed by atoms with Crippen molar-refractivity contribution in [2.75, 3.05) is 4.72 Å². The molecule has 0 fully saturated rings. The molecule has 2 aromatic carbocycles. The molecule has 1 aromatic heterocycles. The van der Waals surface area contributed by atoms with E-state index in [9.17, 15) is 8.42 Å². The quantitative estimate of drug-likeness (QED) is 0.621. The predicted molar refractivity (Wildman–Crippen MR) is 107 cm³/mol. The van der Waals surface area contributed by atoms with Crippen molar-refractivity contribution in [3.05, 3.63) is 83.7 Å². The first-order valence-corrected chi connectivity index (χ1v) is 10.6. The van der Waals surface area contributed by atoms with E-state index >= 15 is 0 Å². The van der Waals surface area contributed by atoms with Gasteiger partial charge in [0.1, 0.15) is 0 Å². The summed E-state index contributed by atoms with van der Waals surface area (Å²) in [7, 11) is -3.59. The fourth-order valence-corrected chi connectivity index (χ4v) is 4.34. The Hall–Kier alpha value is -2.31. The molecule has 0 amide bonds. The summed E-state index contributed by atoms with van der Waals surface area (Å²) in [6.07, 6.45) is 3.60. The summed E-state index contributed by atoms with van der Waals surface area (Å²) in [5.74, 6) is 0.821. The lowest BCUT2D eigenvalue weighted by molar-refractivity contribution is 0.601. The van der Waals surface area contributed by atoms with Crippen LogP contribution in [0.25, 0.3) is 0 Å².